The van der Waals surface area contributed by atoms with Crippen molar-refractivity contribution in [1.82, 2.24) is 15.5 Å². The standard InChI is InChI=1S/C16H24N4O2.ClH/c1-9-15(17-4-5-22-9)16(21)18-14-8-13(19-20-14)12-7-10-2-3-11(12)6-10;/h8-12,15,17H,2-7H2,1H3,(H2,18,19,20,21);1H/t9-,10?,11?,12?,15+;/m1./s1. The number of halogens is 1. The number of rotatable bonds is 3. The van der Waals surface area contributed by atoms with Crippen molar-refractivity contribution in [2.24, 2.45) is 11.8 Å². The predicted octanol–water partition coefficient (Wildman–Crippen LogP) is 2.05. The number of nitrogens with one attached hydrogen (secondary N) is 3. The van der Waals surface area contributed by atoms with Gasteiger partial charge in [-0.3, -0.25) is 9.89 Å². The highest BCUT2D eigenvalue weighted by atomic mass is 35.5. The van der Waals surface area contributed by atoms with E-state index in [2.05, 4.69) is 20.8 Å². The summed E-state index contributed by atoms with van der Waals surface area (Å²) in [4.78, 5) is 12.3. The minimum absolute atomic E-state index is 0. The van der Waals surface area contributed by atoms with Gasteiger partial charge < -0.3 is 15.4 Å². The predicted molar refractivity (Wildman–Crippen MR) is 89.9 cm³/mol. The van der Waals surface area contributed by atoms with E-state index >= 15 is 0 Å². The maximum absolute atomic E-state index is 12.3. The van der Waals surface area contributed by atoms with Crippen molar-refractivity contribution in [1.29, 1.82) is 0 Å². The Bertz CT molecular complexity index is 564. The number of H-pyrrole nitrogens is 1. The molecule has 2 saturated carbocycles. The van der Waals surface area contributed by atoms with E-state index in [1.807, 2.05) is 13.0 Å². The van der Waals surface area contributed by atoms with Crippen molar-refractivity contribution < 1.29 is 9.53 Å². The summed E-state index contributed by atoms with van der Waals surface area (Å²) >= 11 is 0. The van der Waals surface area contributed by atoms with Crippen LogP contribution in [-0.2, 0) is 9.53 Å². The molecule has 6 nitrogen and oxygen atoms in total. The van der Waals surface area contributed by atoms with Crippen molar-refractivity contribution in [2.75, 3.05) is 18.5 Å². The van der Waals surface area contributed by atoms with E-state index in [0.717, 1.165) is 11.8 Å². The van der Waals surface area contributed by atoms with Crippen LogP contribution >= 0.6 is 12.4 Å². The molecule has 0 spiro atoms. The third kappa shape index (κ3) is 3.25. The lowest BCUT2D eigenvalue weighted by molar-refractivity contribution is -0.123. The van der Waals surface area contributed by atoms with Crippen LogP contribution in [0.1, 0.15) is 44.2 Å². The topological polar surface area (TPSA) is 79.0 Å². The molecule has 4 rings (SSSR count). The monoisotopic (exact) mass is 340 g/mol. The van der Waals surface area contributed by atoms with Crippen LogP contribution in [0.3, 0.4) is 0 Å². The van der Waals surface area contributed by atoms with E-state index < -0.39 is 0 Å². The van der Waals surface area contributed by atoms with Gasteiger partial charge in [0.15, 0.2) is 5.82 Å². The van der Waals surface area contributed by atoms with Gasteiger partial charge in [-0.1, -0.05) is 6.42 Å². The lowest BCUT2D eigenvalue weighted by Gasteiger charge is -2.28. The van der Waals surface area contributed by atoms with Crippen molar-refractivity contribution >= 4 is 24.1 Å². The number of morpholine rings is 1. The number of nitrogens with zero attached hydrogens (tertiary/aromatic N) is 1. The molecule has 2 aliphatic carbocycles. The first-order chi connectivity index (χ1) is 10.7. The third-order valence-corrected chi connectivity index (χ3v) is 5.59. The zero-order chi connectivity index (χ0) is 15.1. The number of aromatic amines is 1. The third-order valence-electron chi connectivity index (χ3n) is 5.59. The summed E-state index contributed by atoms with van der Waals surface area (Å²) in [6, 6.07) is 1.70. The number of carbonyl (C=O) groups excluding carboxylic acids is 1. The number of ether oxygens (including phenoxy) is 1. The molecule has 1 aliphatic heterocycles. The zero-order valence-corrected chi connectivity index (χ0v) is 14.2. The second-order valence-electron chi connectivity index (χ2n) is 6.99. The molecule has 7 heteroatoms. The first-order valence-electron chi connectivity index (χ1n) is 8.42. The van der Waals surface area contributed by atoms with Gasteiger partial charge in [0.25, 0.3) is 0 Å². The van der Waals surface area contributed by atoms with E-state index in [9.17, 15) is 4.79 Å². The molecule has 1 aromatic heterocycles. The van der Waals surface area contributed by atoms with Crippen LogP contribution < -0.4 is 10.6 Å². The first kappa shape index (κ1) is 16.7. The van der Waals surface area contributed by atoms with Gasteiger partial charge in [-0.25, -0.2) is 0 Å². The SMILES string of the molecule is C[C@H]1OCCN[C@@H]1C(=O)Nc1cc(C2CC3CCC2C3)[nH]n1.Cl. The molecule has 128 valence electrons. The fraction of sp³-hybridized carbons (Fsp3) is 0.750. The molecule has 1 aromatic rings. The van der Waals surface area contributed by atoms with Gasteiger partial charge >= 0.3 is 0 Å². The number of hydrogen-bond acceptors (Lipinski definition) is 4. The summed E-state index contributed by atoms with van der Waals surface area (Å²) in [6.45, 7) is 3.28. The second kappa shape index (κ2) is 6.79. The van der Waals surface area contributed by atoms with Crippen LogP contribution in [0.5, 0.6) is 0 Å². The van der Waals surface area contributed by atoms with Crippen LogP contribution in [0, 0.1) is 11.8 Å². The minimum atomic E-state index is -0.309. The van der Waals surface area contributed by atoms with Crippen molar-refractivity contribution in [3.8, 4) is 0 Å². The number of carbonyl (C=O) groups is 1. The summed E-state index contributed by atoms with van der Waals surface area (Å²) in [5.74, 6) is 2.87. The molecule has 5 atom stereocenters. The Morgan fingerprint density at radius 1 is 1.39 bits per heavy atom. The summed E-state index contributed by atoms with van der Waals surface area (Å²) < 4.78 is 5.52. The molecule has 3 aliphatic rings. The summed E-state index contributed by atoms with van der Waals surface area (Å²) in [5.41, 5.74) is 1.18. The average molecular weight is 341 g/mol. The lowest BCUT2D eigenvalue weighted by Crippen LogP contribution is -2.53. The molecular formula is C16H25ClN4O2. The Hall–Kier alpha value is -1.11. The van der Waals surface area contributed by atoms with Gasteiger partial charge in [0, 0.05) is 24.2 Å². The van der Waals surface area contributed by atoms with E-state index in [1.54, 1.807) is 0 Å². The Morgan fingerprint density at radius 2 is 2.26 bits per heavy atom. The van der Waals surface area contributed by atoms with Gasteiger partial charge in [-0.2, -0.15) is 5.10 Å². The number of anilines is 1. The number of fused-ring (bicyclic) bond motifs is 2. The summed E-state index contributed by atoms with van der Waals surface area (Å²) in [7, 11) is 0. The molecule has 1 saturated heterocycles. The second-order valence-corrected chi connectivity index (χ2v) is 6.99. The fourth-order valence-electron chi connectivity index (χ4n) is 4.45. The molecule has 3 fully saturated rings. The van der Waals surface area contributed by atoms with Crippen LogP contribution in [0.2, 0.25) is 0 Å². The van der Waals surface area contributed by atoms with E-state index in [4.69, 9.17) is 4.74 Å². The van der Waals surface area contributed by atoms with Gasteiger partial charge in [0.05, 0.1) is 12.7 Å². The van der Waals surface area contributed by atoms with Crippen LogP contribution in [0.25, 0.3) is 0 Å². The number of aromatic nitrogens is 2. The minimum Gasteiger partial charge on any atom is -0.375 e. The molecule has 3 N–H and O–H groups in total. The van der Waals surface area contributed by atoms with E-state index in [0.29, 0.717) is 24.9 Å². The van der Waals surface area contributed by atoms with E-state index in [1.165, 1.54) is 31.4 Å². The van der Waals surface area contributed by atoms with Gasteiger partial charge in [-0.15, -0.1) is 12.4 Å². The number of amides is 1. The Morgan fingerprint density at radius 3 is 2.96 bits per heavy atom. The quantitative estimate of drug-likeness (QED) is 0.787. The molecule has 2 bridgehead atoms. The molecule has 0 radical (unpaired) electrons. The first-order valence-corrected chi connectivity index (χ1v) is 8.42. The highest BCUT2D eigenvalue weighted by Crippen LogP contribution is 2.52. The molecule has 23 heavy (non-hydrogen) atoms. The Balaban J connectivity index is 0.00000156. The van der Waals surface area contributed by atoms with Crippen LogP contribution in [0.15, 0.2) is 6.07 Å². The maximum atomic E-state index is 12.3. The average Bonchev–Trinajstić information content (AvgIpc) is 3.23. The molecular weight excluding hydrogens is 316 g/mol. The zero-order valence-electron chi connectivity index (χ0n) is 13.4. The van der Waals surface area contributed by atoms with Crippen LogP contribution in [0.4, 0.5) is 5.82 Å². The van der Waals surface area contributed by atoms with Crippen molar-refractivity contribution in [3.05, 3.63) is 11.8 Å². The summed E-state index contributed by atoms with van der Waals surface area (Å²) in [5, 5.41) is 13.5. The van der Waals surface area contributed by atoms with Gasteiger partial charge in [-0.05, 0) is 38.0 Å². The highest BCUT2D eigenvalue weighted by molar-refractivity contribution is 5.94. The van der Waals surface area contributed by atoms with Gasteiger partial charge in [0.1, 0.15) is 6.04 Å². The maximum Gasteiger partial charge on any atom is 0.245 e. The smallest absolute Gasteiger partial charge is 0.245 e. The van der Waals surface area contributed by atoms with Crippen molar-refractivity contribution in [2.45, 2.75) is 50.7 Å². The molecule has 3 unspecified atom stereocenters. The lowest BCUT2D eigenvalue weighted by atomic mass is 9.86. The Labute approximate surface area is 142 Å². The van der Waals surface area contributed by atoms with Gasteiger partial charge in [0.2, 0.25) is 5.91 Å². The largest absolute Gasteiger partial charge is 0.375 e. The van der Waals surface area contributed by atoms with Crippen LogP contribution in [-0.4, -0.2) is 41.4 Å². The Kier molecular flexibility index (Phi) is 4.94. The molecule has 2 heterocycles. The number of hydrogen-bond donors (Lipinski definition) is 3. The van der Waals surface area contributed by atoms with E-state index in [-0.39, 0.29) is 30.5 Å². The summed E-state index contributed by atoms with van der Waals surface area (Å²) in [6.07, 6.45) is 5.26. The fourth-order valence-corrected chi connectivity index (χ4v) is 4.45. The highest BCUT2D eigenvalue weighted by Gasteiger charge is 2.41. The normalized spacial score (nSPS) is 35.8. The molecule has 1 amide bonds. The van der Waals surface area contributed by atoms with Crippen molar-refractivity contribution in [3.63, 3.8) is 0 Å². The molecule has 0 aromatic carbocycles.